The lowest BCUT2D eigenvalue weighted by Crippen LogP contribution is -2.10. The summed E-state index contributed by atoms with van der Waals surface area (Å²) in [5.74, 6) is -1.12. The first-order valence-corrected chi connectivity index (χ1v) is 9.67. The fourth-order valence-corrected chi connectivity index (χ4v) is 3.03. The number of aryl methyl sites for hydroxylation is 2. The maximum absolute atomic E-state index is 13.1. The molecule has 3 aromatic heterocycles. The van der Waals surface area contributed by atoms with E-state index in [9.17, 15) is 23.1 Å². The number of alkyl halides is 3. The van der Waals surface area contributed by atoms with Crippen molar-refractivity contribution in [3.8, 4) is 17.1 Å². The highest BCUT2D eigenvalue weighted by atomic mass is 19.4. The van der Waals surface area contributed by atoms with E-state index in [2.05, 4.69) is 25.4 Å². The number of nitrogens with zero attached hydrogens (tertiary/aromatic N) is 5. The molecule has 0 saturated carbocycles. The van der Waals surface area contributed by atoms with Crippen molar-refractivity contribution in [3.05, 3.63) is 77.4 Å². The molecular weight excluding hydrogens is 437 g/mol. The molecule has 0 unspecified atom stereocenters. The van der Waals surface area contributed by atoms with Gasteiger partial charge >= 0.3 is 12.1 Å². The van der Waals surface area contributed by atoms with Crippen LogP contribution in [0.25, 0.3) is 17.1 Å². The lowest BCUT2D eigenvalue weighted by molar-refractivity contribution is -0.141. The van der Waals surface area contributed by atoms with Crippen molar-refractivity contribution in [1.29, 1.82) is 0 Å². The number of benzene rings is 1. The van der Waals surface area contributed by atoms with Gasteiger partial charge in [-0.25, -0.2) is 19.4 Å². The lowest BCUT2D eigenvalue weighted by atomic mass is 10.1. The summed E-state index contributed by atoms with van der Waals surface area (Å²) in [6.07, 6.45) is -2.16. The minimum Gasteiger partial charge on any atom is -0.477 e. The number of halogens is 3. The molecule has 4 aromatic rings. The summed E-state index contributed by atoms with van der Waals surface area (Å²) in [7, 11) is 0. The second-order valence-corrected chi connectivity index (χ2v) is 7.21. The molecule has 0 radical (unpaired) electrons. The highest BCUT2D eigenvalue weighted by molar-refractivity contribution is 5.86. The highest BCUT2D eigenvalue weighted by Gasteiger charge is 2.34. The number of rotatable bonds is 5. The van der Waals surface area contributed by atoms with Crippen LogP contribution >= 0.6 is 0 Å². The molecule has 4 rings (SSSR count). The molecule has 0 bridgehead atoms. The molecule has 0 aliphatic heterocycles. The fraction of sp³-hybridized carbons (Fsp3) is 0.136. The molecule has 33 heavy (non-hydrogen) atoms. The van der Waals surface area contributed by atoms with Crippen LogP contribution in [0, 0.1) is 13.8 Å². The van der Waals surface area contributed by atoms with Gasteiger partial charge in [-0.05, 0) is 55.3 Å². The average Bonchev–Trinajstić information content (AvgIpc) is 3.27. The van der Waals surface area contributed by atoms with Crippen molar-refractivity contribution in [2.45, 2.75) is 20.0 Å². The average molecular weight is 454 g/mol. The minimum absolute atomic E-state index is 0.00173. The first-order chi connectivity index (χ1) is 15.6. The van der Waals surface area contributed by atoms with E-state index in [1.54, 1.807) is 0 Å². The second-order valence-electron chi connectivity index (χ2n) is 7.21. The van der Waals surface area contributed by atoms with Crippen LogP contribution in [-0.2, 0) is 6.18 Å². The third-order valence-corrected chi connectivity index (χ3v) is 4.87. The van der Waals surface area contributed by atoms with Crippen LogP contribution in [0.4, 0.5) is 24.8 Å². The van der Waals surface area contributed by atoms with Gasteiger partial charge < -0.3 is 10.4 Å². The van der Waals surface area contributed by atoms with Crippen LogP contribution in [0.2, 0.25) is 0 Å². The van der Waals surface area contributed by atoms with Crippen molar-refractivity contribution >= 4 is 17.6 Å². The molecule has 3 heterocycles. The van der Waals surface area contributed by atoms with E-state index >= 15 is 0 Å². The minimum atomic E-state index is -4.64. The Morgan fingerprint density at radius 2 is 1.85 bits per heavy atom. The predicted octanol–water partition coefficient (Wildman–Crippen LogP) is 4.80. The highest BCUT2D eigenvalue weighted by Crippen LogP contribution is 2.30. The molecule has 0 saturated heterocycles. The molecule has 8 nitrogen and oxygen atoms in total. The fourth-order valence-electron chi connectivity index (χ4n) is 3.03. The molecule has 1 aromatic carbocycles. The number of hydrogen-bond donors (Lipinski definition) is 2. The molecule has 0 atom stereocenters. The molecule has 0 aliphatic rings. The van der Waals surface area contributed by atoms with Gasteiger partial charge in [0.05, 0.1) is 11.3 Å². The van der Waals surface area contributed by atoms with E-state index in [0.29, 0.717) is 5.69 Å². The predicted molar refractivity (Wildman–Crippen MR) is 114 cm³/mol. The number of aromatic carboxylic acids is 1. The molecule has 168 valence electrons. The Hall–Kier alpha value is -4.28. The van der Waals surface area contributed by atoms with Gasteiger partial charge in [0.15, 0.2) is 11.5 Å². The quantitative estimate of drug-likeness (QED) is 0.446. The number of anilines is 2. The Kier molecular flexibility index (Phi) is 5.54. The second kappa shape index (κ2) is 8.34. The first-order valence-electron chi connectivity index (χ1n) is 9.67. The van der Waals surface area contributed by atoms with Gasteiger partial charge in [-0.3, -0.25) is 0 Å². The van der Waals surface area contributed by atoms with Crippen LogP contribution in [0.1, 0.15) is 27.3 Å². The molecule has 0 fully saturated rings. The van der Waals surface area contributed by atoms with E-state index < -0.39 is 17.8 Å². The number of carboxylic acids is 1. The third-order valence-electron chi connectivity index (χ3n) is 4.87. The Morgan fingerprint density at radius 1 is 1.06 bits per heavy atom. The van der Waals surface area contributed by atoms with Gasteiger partial charge in [0.1, 0.15) is 5.69 Å². The van der Waals surface area contributed by atoms with Gasteiger partial charge in [-0.1, -0.05) is 12.1 Å². The number of carboxylic acid groups (broad SMARTS) is 1. The van der Waals surface area contributed by atoms with E-state index in [1.165, 1.54) is 24.4 Å². The normalized spacial score (nSPS) is 11.4. The molecule has 0 spiro atoms. The maximum atomic E-state index is 13.1. The lowest BCUT2D eigenvalue weighted by Gasteiger charge is -2.12. The van der Waals surface area contributed by atoms with E-state index in [4.69, 9.17) is 0 Å². The van der Waals surface area contributed by atoms with Crippen LogP contribution < -0.4 is 5.32 Å². The van der Waals surface area contributed by atoms with Crippen molar-refractivity contribution in [1.82, 2.24) is 24.7 Å². The van der Waals surface area contributed by atoms with E-state index in [-0.39, 0.29) is 28.7 Å². The van der Waals surface area contributed by atoms with Gasteiger partial charge in [0.2, 0.25) is 5.95 Å². The van der Waals surface area contributed by atoms with Gasteiger partial charge in [0, 0.05) is 18.1 Å². The Morgan fingerprint density at radius 3 is 2.52 bits per heavy atom. The smallest absolute Gasteiger partial charge is 0.435 e. The van der Waals surface area contributed by atoms with Crippen LogP contribution in [0.5, 0.6) is 0 Å². The number of aromatic nitrogens is 5. The summed E-state index contributed by atoms with van der Waals surface area (Å²) in [5.41, 5.74) is 1.88. The summed E-state index contributed by atoms with van der Waals surface area (Å²) in [6.45, 7) is 3.91. The summed E-state index contributed by atoms with van der Waals surface area (Å²) in [5, 5.41) is 15.9. The zero-order valence-corrected chi connectivity index (χ0v) is 17.4. The molecule has 11 heteroatoms. The van der Waals surface area contributed by atoms with Crippen LogP contribution in [0.15, 0.2) is 54.9 Å². The van der Waals surface area contributed by atoms with Crippen LogP contribution in [-0.4, -0.2) is 35.8 Å². The van der Waals surface area contributed by atoms with Gasteiger partial charge in [0.25, 0.3) is 0 Å². The number of nitrogens with one attached hydrogen (secondary N) is 1. The van der Waals surface area contributed by atoms with Crippen molar-refractivity contribution in [2.75, 3.05) is 5.32 Å². The van der Waals surface area contributed by atoms with E-state index in [1.807, 2.05) is 32.0 Å². The number of hydrogen-bond acceptors (Lipinski definition) is 6. The zero-order chi connectivity index (χ0) is 23.8. The van der Waals surface area contributed by atoms with Gasteiger partial charge in [-0.15, -0.1) is 0 Å². The van der Waals surface area contributed by atoms with E-state index in [0.717, 1.165) is 28.1 Å². The Labute approximate surface area is 185 Å². The Bertz CT molecular complexity index is 1350. The molecular formula is C22H17F3N6O2. The van der Waals surface area contributed by atoms with Gasteiger partial charge in [-0.2, -0.15) is 23.3 Å². The SMILES string of the molecule is Cc1ccc(Nc2ncc(-c3cccc(C(=O)O)n3)c(-n3ccc(C(F)(F)F)n3)n2)cc1C. The summed E-state index contributed by atoms with van der Waals surface area (Å²) in [6, 6.07) is 10.7. The standard InChI is InChI=1S/C22H17F3N6O2/c1-12-6-7-14(10-13(12)2)27-21-26-11-15(16-4-3-5-17(28-16)20(32)33)19(29-21)31-9-8-18(30-31)22(23,24)25/h3-11H,1-2H3,(H,32,33)(H,26,27,29). The van der Waals surface area contributed by atoms with Crippen LogP contribution in [0.3, 0.4) is 0 Å². The monoisotopic (exact) mass is 454 g/mol. The summed E-state index contributed by atoms with van der Waals surface area (Å²) in [4.78, 5) is 24.0. The maximum Gasteiger partial charge on any atom is 0.435 e. The van der Waals surface area contributed by atoms with Crippen molar-refractivity contribution < 1.29 is 23.1 Å². The third kappa shape index (κ3) is 4.66. The summed E-state index contributed by atoms with van der Waals surface area (Å²) >= 11 is 0. The largest absolute Gasteiger partial charge is 0.477 e. The first kappa shape index (κ1) is 21.9. The molecule has 2 N–H and O–H groups in total. The summed E-state index contributed by atoms with van der Waals surface area (Å²) < 4.78 is 40.3. The Balaban J connectivity index is 1.82. The van der Waals surface area contributed by atoms with Crippen molar-refractivity contribution in [3.63, 3.8) is 0 Å². The molecule has 0 aliphatic carbocycles. The zero-order valence-electron chi connectivity index (χ0n) is 17.4. The topological polar surface area (TPSA) is 106 Å². The van der Waals surface area contributed by atoms with Crippen molar-refractivity contribution in [2.24, 2.45) is 0 Å². The number of carbonyl (C=O) groups is 1. The molecule has 0 amide bonds. The number of pyridine rings is 1.